The zero-order valence-corrected chi connectivity index (χ0v) is 37.6. The molecule has 0 radical (unpaired) electrons. The molecule has 2 aliphatic rings. The Labute approximate surface area is 377 Å². The van der Waals surface area contributed by atoms with Crippen molar-refractivity contribution in [2.75, 3.05) is 10.2 Å². The lowest BCUT2D eigenvalue weighted by atomic mass is 9.90. The third-order valence-corrected chi connectivity index (χ3v) is 11.0. The summed E-state index contributed by atoms with van der Waals surface area (Å²) in [5.74, 6) is 1.10. The molecule has 7 rings (SSSR count). The van der Waals surface area contributed by atoms with Crippen molar-refractivity contribution in [3.05, 3.63) is 235 Å². The van der Waals surface area contributed by atoms with Crippen molar-refractivity contribution in [2.45, 2.75) is 60.0 Å². The first-order valence-electron chi connectivity index (χ1n) is 21.8. The number of anilines is 3. The Morgan fingerprint density at radius 2 is 1.57 bits per heavy atom. The molecule has 0 bridgehead atoms. The number of nitrogens with zero attached hydrogens (tertiary/aromatic N) is 3. The number of hydrogen-bond acceptors (Lipinski definition) is 4. The van der Waals surface area contributed by atoms with Crippen molar-refractivity contribution in [1.29, 1.82) is 0 Å². The van der Waals surface area contributed by atoms with E-state index in [0.717, 1.165) is 64.4 Å². The van der Waals surface area contributed by atoms with Crippen LogP contribution < -0.4 is 16.0 Å². The van der Waals surface area contributed by atoms with Crippen LogP contribution in [0, 0.1) is 12.8 Å². The predicted octanol–water partition coefficient (Wildman–Crippen LogP) is 14.9. The summed E-state index contributed by atoms with van der Waals surface area (Å²) >= 11 is 0. The number of benzene rings is 5. The van der Waals surface area contributed by atoms with Crippen molar-refractivity contribution in [2.24, 2.45) is 21.6 Å². The zero-order valence-electron chi connectivity index (χ0n) is 37.6. The van der Waals surface area contributed by atoms with Crippen molar-refractivity contribution >= 4 is 40.8 Å². The lowest BCUT2D eigenvalue weighted by Crippen LogP contribution is -2.15. The summed E-state index contributed by atoms with van der Waals surface area (Å²) in [7, 11) is 0. The molecule has 1 atom stereocenters. The van der Waals surface area contributed by atoms with E-state index < -0.39 is 0 Å². The maximum atomic E-state index is 5.35. The highest BCUT2D eigenvalue weighted by atomic mass is 15.1. The van der Waals surface area contributed by atoms with Crippen LogP contribution in [0.1, 0.15) is 67.0 Å². The first-order chi connectivity index (χ1) is 30.8. The fourth-order valence-electron chi connectivity index (χ4n) is 7.65. The number of allylic oxidation sites excluding steroid dienone is 10. The van der Waals surface area contributed by atoms with Crippen LogP contribution in [0.3, 0.4) is 0 Å². The van der Waals surface area contributed by atoms with Crippen molar-refractivity contribution in [3.8, 4) is 11.1 Å². The Bertz CT molecular complexity index is 2530. The molecule has 5 aromatic carbocycles. The van der Waals surface area contributed by atoms with Crippen LogP contribution in [-0.4, -0.2) is 12.6 Å². The van der Waals surface area contributed by atoms with Gasteiger partial charge in [-0.3, -0.25) is 4.99 Å². The van der Waals surface area contributed by atoms with Gasteiger partial charge in [0.25, 0.3) is 0 Å². The molecule has 0 saturated carbocycles. The number of rotatable bonds is 12. The topological polar surface area (TPSA) is 66.0 Å². The van der Waals surface area contributed by atoms with Crippen LogP contribution in [0.15, 0.2) is 212 Å². The summed E-state index contributed by atoms with van der Waals surface area (Å²) in [6.45, 7) is 26.0. The minimum absolute atomic E-state index is 0.247. The lowest BCUT2D eigenvalue weighted by Gasteiger charge is -2.29. The van der Waals surface area contributed by atoms with Gasteiger partial charge < -0.3 is 16.0 Å². The van der Waals surface area contributed by atoms with Crippen LogP contribution in [0.5, 0.6) is 0 Å². The van der Waals surface area contributed by atoms with Gasteiger partial charge in [-0.2, -0.15) is 0 Å². The first-order valence-corrected chi connectivity index (χ1v) is 21.8. The van der Waals surface area contributed by atoms with Gasteiger partial charge in [-0.1, -0.05) is 184 Å². The number of para-hydroxylation sites is 1. The van der Waals surface area contributed by atoms with Gasteiger partial charge in [-0.25, -0.2) is 4.99 Å². The molecule has 0 saturated heterocycles. The number of fused-ring (bicyclic) bond motifs is 1. The summed E-state index contributed by atoms with van der Waals surface area (Å²) < 4.78 is 0. The van der Waals surface area contributed by atoms with Crippen LogP contribution in [0.2, 0.25) is 0 Å². The number of nitrogens with one attached hydrogen (secondary N) is 1. The SMILES string of the molecule is C=CC(=C)c1ccc2c(c1N(/C=C\C)c1ccccc1)N/C=C\C=C/C2=C.C=NC(=NCc1cccc(-c2ccccc2C)c1CCC)C1CC=CC=C1C.NCc1ccccc1. The van der Waals surface area contributed by atoms with Crippen molar-refractivity contribution in [1.82, 2.24) is 0 Å². The van der Waals surface area contributed by atoms with Gasteiger partial charge in [0.15, 0.2) is 0 Å². The molecule has 5 heteroatoms. The average molecular weight is 830 g/mol. The zero-order chi connectivity index (χ0) is 45.0. The number of amidine groups is 1. The molecule has 0 spiro atoms. The molecule has 1 aliphatic carbocycles. The van der Waals surface area contributed by atoms with Gasteiger partial charge in [0, 0.05) is 41.7 Å². The molecular weight excluding hydrogens is 767 g/mol. The number of aryl methyl sites for hydroxylation is 1. The smallest absolute Gasteiger partial charge is 0.130 e. The van der Waals surface area contributed by atoms with Gasteiger partial charge in [0.1, 0.15) is 5.84 Å². The van der Waals surface area contributed by atoms with E-state index in [1.54, 1.807) is 6.08 Å². The third kappa shape index (κ3) is 12.5. The van der Waals surface area contributed by atoms with Crippen LogP contribution in [0.4, 0.5) is 17.1 Å². The summed E-state index contributed by atoms with van der Waals surface area (Å²) in [5.41, 5.74) is 21.4. The Morgan fingerprint density at radius 3 is 2.22 bits per heavy atom. The monoisotopic (exact) mass is 830 g/mol. The molecule has 0 amide bonds. The highest BCUT2D eigenvalue weighted by molar-refractivity contribution is 5.98. The van der Waals surface area contributed by atoms with E-state index in [4.69, 9.17) is 10.7 Å². The molecule has 1 aliphatic heterocycles. The maximum absolute atomic E-state index is 5.35. The van der Waals surface area contributed by atoms with E-state index >= 15 is 0 Å². The van der Waals surface area contributed by atoms with Crippen LogP contribution in [-0.2, 0) is 19.5 Å². The first kappa shape index (κ1) is 47.0. The molecule has 3 N–H and O–H groups in total. The Kier molecular flexibility index (Phi) is 18.2. The average Bonchev–Trinajstić information content (AvgIpc) is 3.32. The second kappa shape index (κ2) is 24.4. The normalized spacial score (nSPS) is 15.1. The molecule has 1 heterocycles. The fraction of sp³-hybridized carbons (Fsp3) is 0.172. The molecule has 63 heavy (non-hydrogen) atoms. The predicted molar refractivity (Wildman–Crippen MR) is 277 cm³/mol. The number of hydrogen-bond donors (Lipinski definition) is 2. The summed E-state index contributed by atoms with van der Waals surface area (Å²) in [6, 6.07) is 39.7. The van der Waals surface area contributed by atoms with Gasteiger partial charge in [-0.05, 0) is 103 Å². The van der Waals surface area contributed by atoms with Crippen LogP contribution >= 0.6 is 0 Å². The quantitative estimate of drug-likeness (QED) is 0.0748. The maximum Gasteiger partial charge on any atom is 0.130 e. The highest BCUT2D eigenvalue weighted by Crippen LogP contribution is 2.43. The van der Waals surface area contributed by atoms with E-state index in [1.165, 1.54) is 39.0 Å². The van der Waals surface area contributed by atoms with Gasteiger partial charge in [0.05, 0.1) is 17.9 Å². The van der Waals surface area contributed by atoms with Crippen LogP contribution in [0.25, 0.3) is 22.3 Å². The Hall–Kier alpha value is -7.08. The van der Waals surface area contributed by atoms with E-state index in [-0.39, 0.29) is 5.92 Å². The number of aliphatic imine (C=N–C) groups is 2. The molecule has 0 aromatic heterocycles. The minimum atomic E-state index is 0.247. The molecule has 5 nitrogen and oxygen atoms in total. The summed E-state index contributed by atoms with van der Waals surface area (Å²) in [5, 5.41) is 3.45. The van der Waals surface area contributed by atoms with E-state index in [9.17, 15) is 0 Å². The third-order valence-electron chi connectivity index (χ3n) is 11.0. The van der Waals surface area contributed by atoms with E-state index in [1.807, 2.05) is 86.0 Å². The second-order valence-electron chi connectivity index (χ2n) is 15.3. The largest absolute Gasteiger partial charge is 0.359 e. The summed E-state index contributed by atoms with van der Waals surface area (Å²) in [4.78, 5) is 11.3. The highest BCUT2D eigenvalue weighted by Gasteiger charge is 2.21. The number of nitrogens with two attached hydrogens (primary N) is 1. The molecule has 1 unspecified atom stereocenters. The molecular formula is C58H63N5. The summed E-state index contributed by atoms with van der Waals surface area (Å²) in [6.07, 6.45) is 23.3. The van der Waals surface area contributed by atoms with E-state index in [2.05, 4.69) is 154 Å². The Balaban J connectivity index is 0.000000202. The standard InChI is InChI=1S/C26H30N2.C25H24N2.C7H9N/c1-5-11-24-21(14-10-17-25(24)22-15-8-6-12-19(22)2)18-28-26(27-4)23-16-9-7-13-20(23)3;1-5-18-27(21-13-8-7-9-14-21)25-23(19(3)6-2)16-15-22-20(4)12-10-11-17-26-24(22)25;8-6-7-4-2-1-3-5-7/h6-10,12-15,17,23H,4-5,11,16,18H2,1-3H3;5-18,26H,2-4H2,1H3;1-5H,6,8H2/b;12-10-,17-11-,18-5-;. The van der Waals surface area contributed by atoms with Crippen molar-refractivity contribution < 1.29 is 0 Å². The molecule has 5 aromatic rings. The fourth-order valence-corrected chi connectivity index (χ4v) is 7.65. The second-order valence-corrected chi connectivity index (χ2v) is 15.3. The Morgan fingerprint density at radius 1 is 0.857 bits per heavy atom. The molecule has 320 valence electrons. The van der Waals surface area contributed by atoms with E-state index in [0.29, 0.717) is 13.1 Å². The molecule has 0 fully saturated rings. The van der Waals surface area contributed by atoms with Gasteiger partial charge in [0.2, 0.25) is 0 Å². The van der Waals surface area contributed by atoms with Gasteiger partial charge >= 0.3 is 0 Å². The van der Waals surface area contributed by atoms with Crippen molar-refractivity contribution in [3.63, 3.8) is 0 Å². The van der Waals surface area contributed by atoms with Gasteiger partial charge in [-0.15, -0.1) is 0 Å². The minimum Gasteiger partial charge on any atom is -0.359 e. The lowest BCUT2D eigenvalue weighted by molar-refractivity contribution is 0.789.